The lowest BCUT2D eigenvalue weighted by Crippen LogP contribution is -2.31. The quantitative estimate of drug-likeness (QED) is 0.861. The predicted octanol–water partition coefficient (Wildman–Crippen LogP) is 1.33. The molecule has 4 heteroatoms. The highest BCUT2D eigenvalue weighted by atomic mass is 32.2. The minimum absolute atomic E-state index is 0.360. The molecule has 1 heterocycles. The Hall–Kier alpha value is -1.00. The van der Waals surface area contributed by atoms with E-state index in [9.17, 15) is 4.79 Å². The van der Waals surface area contributed by atoms with Crippen molar-refractivity contribution in [2.75, 3.05) is 24.6 Å². The second kappa shape index (κ2) is 5.37. The lowest BCUT2D eigenvalue weighted by molar-refractivity contribution is 0.100. The Morgan fingerprint density at radius 3 is 2.44 bits per heavy atom. The summed E-state index contributed by atoms with van der Waals surface area (Å²) in [6, 6.07) is 7.58. The first-order valence-electron chi connectivity index (χ1n) is 5.44. The first-order chi connectivity index (χ1) is 7.75. The van der Waals surface area contributed by atoms with E-state index in [0.29, 0.717) is 5.56 Å². The molecule has 0 unspecified atom stereocenters. The highest BCUT2D eigenvalue weighted by Crippen LogP contribution is 2.13. The van der Waals surface area contributed by atoms with Gasteiger partial charge in [0.15, 0.2) is 0 Å². The minimum Gasteiger partial charge on any atom is -0.366 e. The normalized spacial score (nSPS) is 17.2. The van der Waals surface area contributed by atoms with Crippen molar-refractivity contribution < 1.29 is 4.79 Å². The van der Waals surface area contributed by atoms with Crippen molar-refractivity contribution in [2.45, 2.75) is 6.54 Å². The molecule has 2 rings (SSSR count). The first kappa shape index (κ1) is 11.5. The van der Waals surface area contributed by atoms with Crippen LogP contribution in [0, 0.1) is 0 Å². The van der Waals surface area contributed by atoms with Crippen molar-refractivity contribution in [2.24, 2.45) is 5.73 Å². The summed E-state index contributed by atoms with van der Waals surface area (Å²) in [5, 5.41) is 0. The fourth-order valence-electron chi connectivity index (χ4n) is 1.79. The maximum Gasteiger partial charge on any atom is 0.248 e. The number of nitrogens with zero attached hydrogens (tertiary/aromatic N) is 1. The number of hydrogen-bond donors (Lipinski definition) is 1. The van der Waals surface area contributed by atoms with Gasteiger partial charge in [0, 0.05) is 36.7 Å². The summed E-state index contributed by atoms with van der Waals surface area (Å²) < 4.78 is 0. The molecule has 0 bridgehead atoms. The molecular weight excluding hydrogens is 220 g/mol. The van der Waals surface area contributed by atoms with Crippen LogP contribution in [0.4, 0.5) is 0 Å². The molecule has 1 saturated heterocycles. The number of nitrogens with two attached hydrogens (primary N) is 1. The fourth-order valence-corrected chi connectivity index (χ4v) is 2.77. The number of hydrogen-bond acceptors (Lipinski definition) is 3. The summed E-state index contributed by atoms with van der Waals surface area (Å²) in [7, 11) is 0. The van der Waals surface area contributed by atoms with Crippen LogP contribution in [0.5, 0.6) is 0 Å². The summed E-state index contributed by atoms with van der Waals surface area (Å²) in [6.07, 6.45) is 0. The van der Waals surface area contributed by atoms with Crippen LogP contribution in [0.2, 0.25) is 0 Å². The molecule has 16 heavy (non-hydrogen) atoms. The number of carbonyl (C=O) groups is 1. The zero-order valence-corrected chi connectivity index (χ0v) is 10.0. The Bertz CT molecular complexity index is 358. The summed E-state index contributed by atoms with van der Waals surface area (Å²) in [4.78, 5) is 13.4. The molecule has 0 aliphatic carbocycles. The summed E-state index contributed by atoms with van der Waals surface area (Å²) in [5.41, 5.74) is 7.02. The third-order valence-electron chi connectivity index (χ3n) is 2.75. The molecule has 0 aromatic heterocycles. The van der Waals surface area contributed by atoms with Crippen LogP contribution in [0.25, 0.3) is 0 Å². The van der Waals surface area contributed by atoms with Gasteiger partial charge >= 0.3 is 0 Å². The summed E-state index contributed by atoms with van der Waals surface area (Å²) in [6.45, 7) is 3.28. The molecule has 1 aliphatic rings. The zero-order valence-electron chi connectivity index (χ0n) is 9.19. The molecule has 1 aromatic carbocycles. The van der Waals surface area contributed by atoms with Crippen molar-refractivity contribution >= 4 is 17.7 Å². The van der Waals surface area contributed by atoms with Gasteiger partial charge in [-0.2, -0.15) is 11.8 Å². The van der Waals surface area contributed by atoms with Crippen molar-refractivity contribution in [3.05, 3.63) is 35.4 Å². The highest BCUT2D eigenvalue weighted by Gasteiger charge is 2.10. The van der Waals surface area contributed by atoms with E-state index in [1.165, 1.54) is 17.1 Å². The Morgan fingerprint density at radius 2 is 1.88 bits per heavy atom. The topological polar surface area (TPSA) is 46.3 Å². The molecule has 1 aliphatic heterocycles. The van der Waals surface area contributed by atoms with Gasteiger partial charge in [-0.25, -0.2) is 0 Å². The number of carbonyl (C=O) groups excluding carboxylic acids is 1. The van der Waals surface area contributed by atoms with E-state index < -0.39 is 0 Å². The molecule has 0 saturated carbocycles. The van der Waals surface area contributed by atoms with Gasteiger partial charge in [0.25, 0.3) is 0 Å². The second-order valence-corrected chi connectivity index (χ2v) is 5.17. The number of rotatable bonds is 3. The fraction of sp³-hybridized carbons (Fsp3) is 0.417. The number of benzene rings is 1. The van der Waals surface area contributed by atoms with Crippen molar-refractivity contribution in [3.63, 3.8) is 0 Å². The standard InChI is InChI=1S/C12H16N2OS/c13-12(15)11-3-1-10(2-4-11)9-14-5-7-16-8-6-14/h1-4H,5-9H2,(H2,13,15). The van der Waals surface area contributed by atoms with Gasteiger partial charge < -0.3 is 5.73 Å². The van der Waals surface area contributed by atoms with Crippen molar-refractivity contribution in [3.8, 4) is 0 Å². The Balaban J connectivity index is 1.96. The number of primary amides is 1. The summed E-state index contributed by atoms with van der Waals surface area (Å²) >= 11 is 2.01. The molecule has 0 radical (unpaired) electrons. The van der Waals surface area contributed by atoms with Crippen LogP contribution in [0.3, 0.4) is 0 Å². The van der Waals surface area contributed by atoms with E-state index in [1.54, 1.807) is 12.1 Å². The van der Waals surface area contributed by atoms with Crippen LogP contribution in [0.1, 0.15) is 15.9 Å². The monoisotopic (exact) mass is 236 g/mol. The van der Waals surface area contributed by atoms with Crippen LogP contribution in [-0.4, -0.2) is 35.4 Å². The molecule has 1 amide bonds. The molecule has 3 nitrogen and oxygen atoms in total. The highest BCUT2D eigenvalue weighted by molar-refractivity contribution is 7.99. The van der Waals surface area contributed by atoms with Crippen LogP contribution in [0.15, 0.2) is 24.3 Å². The minimum atomic E-state index is -0.360. The molecule has 0 spiro atoms. The molecule has 1 fully saturated rings. The van der Waals surface area contributed by atoms with Gasteiger partial charge in [0.1, 0.15) is 0 Å². The average molecular weight is 236 g/mol. The first-order valence-corrected chi connectivity index (χ1v) is 6.60. The molecule has 2 N–H and O–H groups in total. The number of thioether (sulfide) groups is 1. The van der Waals surface area contributed by atoms with Gasteiger partial charge in [0.05, 0.1) is 0 Å². The van der Waals surface area contributed by atoms with Crippen LogP contribution < -0.4 is 5.73 Å². The number of amides is 1. The maximum atomic E-state index is 10.9. The second-order valence-electron chi connectivity index (χ2n) is 3.95. The van der Waals surface area contributed by atoms with Gasteiger partial charge in [-0.15, -0.1) is 0 Å². The van der Waals surface area contributed by atoms with E-state index in [0.717, 1.165) is 19.6 Å². The van der Waals surface area contributed by atoms with Gasteiger partial charge in [-0.05, 0) is 17.7 Å². The van der Waals surface area contributed by atoms with Crippen LogP contribution in [-0.2, 0) is 6.54 Å². The summed E-state index contributed by atoms with van der Waals surface area (Å²) in [5.74, 6) is 2.08. The predicted molar refractivity (Wildman–Crippen MR) is 67.6 cm³/mol. The molecule has 86 valence electrons. The van der Waals surface area contributed by atoms with E-state index >= 15 is 0 Å². The zero-order chi connectivity index (χ0) is 11.4. The largest absolute Gasteiger partial charge is 0.366 e. The van der Waals surface area contributed by atoms with E-state index in [-0.39, 0.29) is 5.91 Å². The molecule has 1 aromatic rings. The van der Waals surface area contributed by atoms with Crippen LogP contribution >= 0.6 is 11.8 Å². The third kappa shape index (κ3) is 3.00. The van der Waals surface area contributed by atoms with Crippen molar-refractivity contribution in [1.29, 1.82) is 0 Å². The molecular formula is C12H16N2OS. The SMILES string of the molecule is NC(=O)c1ccc(CN2CCSCC2)cc1. The van der Waals surface area contributed by atoms with E-state index in [2.05, 4.69) is 4.90 Å². The van der Waals surface area contributed by atoms with E-state index in [4.69, 9.17) is 5.73 Å². The Labute approximate surface area is 100.0 Å². The Morgan fingerprint density at radius 1 is 1.25 bits per heavy atom. The van der Waals surface area contributed by atoms with Gasteiger partial charge in [0.2, 0.25) is 5.91 Å². The average Bonchev–Trinajstić information content (AvgIpc) is 2.31. The Kier molecular flexibility index (Phi) is 3.85. The smallest absolute Gasteiger partial charge is 0.248 e. The molecule has 0 atom stereocenters. The van der Waals surface area contributed by atoms with Crippen molar-refractivity contribution in [1.82, 2.24) is 4.90 Å². The maximum absolute atomic E-state index is 10.9. The lowest BCUT2D eigenvalue weighted by Gasteiger charge is -2.26. The lowest BCUT2D eigenvalue weighted by atomic mass is 10.1. The van der Waals surface area contributed by atoms with Gasteiger partial charge in [-0.3, -0.25) is 9.69 Å². The third-order valence-corrected chi connectivity index (χ3v) is 3.69. The van der Waals surface area contributed by atoms with Gasteiger partial charge in [-0.1, -0.05) is 12.1 Å². The van der Waals surface area contributed by atoms with E-state index in [1.807, 2.05) is 23.9 Å².